The molecule has 0 radical (unpaired) electrons. The summed E-state index contributed by atoms with van der Waals surface area (Å²) in [4.78, 5) is 25.4. The van der Waals surface area contributed by atoms with Crippen LogP contribution in [0.2, 0.25) is 0 Å². The first-order chi connectivity index (χ1) is 14.8. The van der Waals surface area contributed by atoms with Gasteiger partial charge in [0.25, 0.3) is 0 Å². The van der Waals surface area contributed by atoms with Crippen LogP contribution >= 0.6 is 24.8 Å². The Kier molecular flexibility index (Phi) is 8.23. The molecule has 0 bridgehead atoms. The highest BCUT2D eigenvalue weighted by atomic mass is 35.5. The predicted molar refractivity (Wildman–Crippen MR) is 132 cm³/mol. The Hall–Kier alpha value is -2.48. The summed E-state index contributed by atoms with van der Waals surface area (Å²) < 4.78 is 0. The van der Waals surface area contributed by atoms with Gasteiger partial charge in [-0.05, 0) is 24.1 Å². The summed E-state index contributed by atoms with van der Waals surface area (Å²) in [6, 6.07) is 10.5. The number of halogens is 2. The van der Waals surface area contributed by atoms with Crippen molar-refractivity contribution < 1.29 is 0 Å². The first-order valence-electron chi connectivity index (χ1n) is 10.6. The minimum atomic E-state index is 0. The number of benzene rings is 1. The number of nitrogens with zero attached hydrogens (tertiary/aromatic N) is 7. The molecule has 1 fully saturated rings. The molecule has 2 aliphatic heterocycles. The van der Waals surface area contributed by atoms with E-state index in [4.69, 9.17) is 9.97 Å². The molecule has 2 aliphatic rings. The summed E-state index contributed by atoms with van der Waals surface area (Å²) in [5.41, 5.74) is 5.22. The summed E-state index contributed by atoms with van der Waals surface area (Å²) in [6.07, 6.45) is 6.61. The molecule has 0 amide bonds. The highest BCUT2D eigenvalue weighted by Crippen LogP contribution is 2.22. The molecule has 0 unspecified atom stereocenters. The van der Waals surface area contributed by atoms with Gasteiger partial charge < -0.3 is 9.80 Å². The van der Waals surface area contributed by atoms with Crippen LogP contribution in [0.4, 0.5) is 11.9 Å². The minimum Gasteiger partial charge on any atom is -0.337 e. The largest absolute Gasteiger partial charge is 0.337 e. The molecule has 1 aromatic carbocycles. The molecule has 1 saturated heterocycles. The number of hydrogen-bond acceptors (Lipinski definition) is 7. The van der Waals surface area contributed by atoms with Crippen LogP contribution < -0.4 is 9.80 Å². The van der Waals surface area contributed by atoms with E-state index in [1.165, 1.54) is 22.4 Å². The standard InChI is InChI=1S/C23H27N7.2ClH/c1-18-5-2-3-6-19(18)16-28-10-7-21-20(17-28)15-26-23(27-21)30-13-11-29(12-14-30)22-24-8-4-9-25-22;;/h2-6,8-9,15H,7,10-14,16-17H2,1H3;2*1H. The zero-order chi connectivity index (χ0) is 20.3. The van der Waals surface area contributed by atoms with Crippen molar-refractivity contribution in [3.8, 4) is 0 Å². The van der Waals surface area contributed by atoms with Gasteiger partial charge in [-0.15, -0.1) is 24.8 Å². The lowest BCUT2D eigenvalue weighted by molar-refractivity contribution is 0.242. The summed E-state index contributed by atoms with van der Waals surface area (Å²) in [5.74, 6) is 1.66. The molecule has 9 heteroatoms. The molecule has 7 nitrogen and oxygen atoms in total. The lowest BCUT2D eigenvalue weighted by atomic mass is 10.0. The SMILES string of the molecule is Cc1ccccc1CN1CCc2nc(N3CCN(c4ncccn4)CC3)ncc2C1.Cl.Cl. The maximum Gasteiger partial charge on any atom is 0.225 e. The average molecular weight is 474 g/mol. The number of piperazine rings is 1. The molecule has 0 N–H and O–H groups in total. The fourth-order valence-electron chi connectivity index (χ4n) is 4.24. The van der Waals surface area contributed by atoms with Crippen LogP contribution in [-0.2, 0) is 19.5 Å². The zero-order valence-electron chi connectivity index (χ0n) is 18.2. The van der Waals surface area contributed by atoms with Crippen LogP contribution in [0, 0.1) is 6.92 Å². The van der Waals surface area contributed by atoms with Crippen molar-refractivity contribution in [2.24, 2.45) is 0 Å². The molecule has 0 spiro atoms. The van der Waals surface area contributed by atoms with Crippen molar-refractivity contribution in [1.82, 2.24) is 24.8 Å². The third kappa shape index (κ3) is 5.28. The highest BCUT2D eigenvalue weighted by Gasteiger charge is 2.23. The minimum absolute atomic E-state index is 0. The van der Waals surface area contributed by atoms with Crippen molar-refractivity contribution in [3.05, 3.63) is 71.3 Å². The van der Waals surface area contributed by atoms with E-state index < -0.39 is 0 Å². The monoisotopic (exact) mass is 473 g/mol. The van der Waals surface area contributed by atoms with E-state index in [2.05, 4.69) is 55.9 Å². The van der Waals surface area contributed by atoms with Crippen molar-refractivity contribution in [3.63, 3.8) is 0 Å². The Morgan fingerprint density at radius 2 is 1.50 bits per heavy atom. The maximum atomic E-state index is 4.93. The molecule has 32 heavy (non-hydrogen) atoms. The lowest BCUT2D eigenvalue weighted by Gasteiger charge is -2.35. The van der Waals surface area contributed by atoms with Crippen LogP contribution in [0.15, 0.2) is 48.9 Å². The van der Waals surface area contributed by atoms with Gasteiger partial charge in [-0.25, -0.2) is 19.9 Å². The number of rotatable bonds is 4. The van der Waals surface area contributed by atoms with E-state index >= 15 is 0 Å². The van der Waals surface area contributed by atoms with Crippen LogP contribution in [0.25, 0.3) is 0 Å². The smallest absolute Gasteiger partial charge is 0.225 e. The summed E-state index contributed by atoms with van der Waals surface area (Å²) >= 11 is 0. The lowest BCUT2D eigenvalue weighted by Crippen LogP contribution is -2.47. The first kappa shape index (κ1) is 24.2. The molecule has 5 rings (SSSR count). The average Bonchev–Trinajstić information content (AvgIpc) is 2.81. The van der Waals surface area contributed by atoms with Crippen molar-refractivity contribution >= 4 is 36.7 Å². The number of anilines is 2. The molecule has 0 saturated carbocycles. The van der Waals surface area contributed by atoms with E-state index in [0.717, 1.165) is 64.1 Å². The quantitative estimate of drug-likeness (QED) is 0.575. The topological polar surface area (TPSA) is 61.3 Å². The second kappa shape index (κ2) is 10.9. The second-order valence-electron chi connectivity index (χ2n) is 8.05. The number of fused-ring (bicyclic) bond motifs is 1. The molecule has 2 aromatic heterocycles. The fraction of sp³-hybridized carbons (Fsp3) is 0.391. The van der Waals surface area contributed by atoms with Gasteiger partial charge in [0.05, 0.1) is 5.69 Å². The fourth-order valence-corrected chi connectivity index (χ4v) is 4.24. The van der Waals surface area contributed by atoms with Crippen LogP contribution in [0.5, 0.6) is 0 Å². The number of aromatic nitrogens is 4. The third-order valence-electron chi connectivity index (χ3n) is 6.05. The van der Waals surface area contributed by atoms with Crippen molar-refractivity contribution in [2.45, 2.75) is 26.4 Å². The van der Waals surface area contributed by atoms with Crippen LogP contribution in [0.3, 0.4) is 0 Å². The van der Waals surface area contributed by atoms with Gasteiger partial charge >= 0.3 is 0 Å². The van der Waals surface area contributed by atoms with E-state index in [0.29, 0.717) is 0 Å². The van der Waals surface area contributed by atoms with Gasteiger partial charge in [0.1, 0.15) is 0 Å². The Morgan fingerprint density at radius 1 is 0.812 bits per heavy atom. The second-order valence-corrected chi connectivity index (χ2v) is 8.05. The van der Waals surface area contributed by atoms with Crippen LogP contribution in [-0.4, -0.2) is 57.6 Å². The van der Waals surface area contributed by atoms with Gasteiger partial charge in [-0.2, -0.15) is 0 Å². The van der Waals surface area contributed by atoms with E-state index in [-0.39, 0.29) is 24.8 Å². The third-order valence-corrected chi connectivity index (χ3v) is 6.05. The van der Waals surface area contributed by atoms with Crippen molar-refractivity contribution in [2.75, 3.05) is 42.5 Å². The van der Waals surface area contributed by atoms with Gasteiger partial charge in [-0.1, -0.05) is 24.3 Å². The molecule has 0 atom stereocenters. The summed E-state index contributed by atoms with van der Waals surface area (Å²) in [7, 11) is 0. The Bertz CT molecular complexity index is 1010. The molecule has 170 valence electrons. The first-order valence-corrected chi connectivity index (χ1v) is 10.6. The molecule has 4 heterocycles. The molecule has 0 aliphatic carbocycles. The summed E-state index contributed by atoms with van der Waals surface area (Å²) in [5, 5.41) is 0. The molecular formula is C23H29Cl2N7. The highest BCUT2D eigenvalue weighted by molar-refractivity contribution is 5.85. The van der Waals surface area contributed by atoms with Gasteiger partial charge in [0, 0.05) is 76.4 Å². The maximum absolute atomic E-state index is 4.93. The summed E-state index contributed by atoms with van der Waals surface area (Å²) in [6.45, 7) is 8.67. The van der Waals surface area contributed by atoms with Crippen LogP contribution in [0.1, 0.15) is 22.4 Å². The number of aryl methyl sites for hydroxylation is 1. The Labute approximate surface area is 201 Å². The molecule has 3 aromatic rings. The Balaban J connectivity index is 0.00000144. The normalized spacial score (nSPS) is 16.0. The van der Waals surface area contributed by atoms with E-state index in [1.54, 1.807) is 12.4 Å². The predicted octanol–water partition coefficient (Wildman–Crippen LogP) is 3.30. The Morgan fingerprint density at radius 3 is 2.22 bits per heavy atom. The van der Waals surface area contributed by atoms with Gasteiger partial charge in [0.2, 0.25) is 11.9 Å². The van der Waals surface area contributed by atoms with Gasteiger partial charge in [-0.3, -0.25) is 4.90 Å². The van der Waals surface area contributed by atoms with E-state index in [9.17, 15) is 0 Å². The molecular weight excluding hydrogens is 445 g/mol. The van der Waals surface area contributed by atoms with Crippen molar-refractivity contribution in [1.29, 1.82) is 0 Å². The zero-order valence-corrected chi connectivity index (χ0v) is 19.9. The number of hydrogen-bond donors (Lipinski definition) is 0. The van der Waals surface area contributed by atoms with Gasteiger partial charge in [0.15, 0.2) is 0 Å². The van der Waals surface area contributed by atoms with E-state index in [1.807, 2.05) is 12.3 Å².